The second-order valence-electron chi connectivity index (χ2n) is 5.20. The van der Waals surface area contributed by atoms with Crippen LogP contribution < -0.4 is 5.32 Å². The number of amides is 2. The number of nitrogens with zero attached hydrogens (tertiary/aromatic N) is 1. The van der Waals surface area contributed by atoms with Crippen molar-refractivity contribution in [3.8, 4) is 0 Å². The number of benzene rings is 1. The van der Waals surface area contributed by atoms with Crippen LogP contribution in [-0.2, 0) is 11.2 Å². The number of hydrogen-bond acceptors (Lipinski definition) is 3. The lowest BCUT2D eigenvalue weighted by Gasteiger charge is -2.30. The molecule has 0 bridgehead atoms. The fourth-order valence-electron chi connectivity index (χ4n) is 2.49. The van der Waals surface area contributed by atoms with E-state index in [0.29, 0.717) is 18.5 Å². The maximum Gasteiger partial charge on any atom is 0.260 e. The van der Waals surface area contributed by atoms with Gasteiger partial charge >= 0.3 is 0 Å². The first-order valence-electron chi connectivity index (χ1n) is 7.33. The Hall–Kier alpha value is -1.68. The molecule has 4 nitrogen and oxygen atoms in total. The monoisotopic (exact) mass is 274 g/mol. The van der Waals surface area contributed by atoms with E-state index in [4.69, 9.17) is 0 Å². The van der Waals surface area contributed by atoms with E-state index >= 15 is 0 Å². The molecule has 0 spiro atoms. The lowest BCUT2D eigenvalue weighted by molar-refractivity contribution is -0.128. The zero-order valence-electron chi connectivity index (χ0n) is 12.2. The highest BCUT2D eigenvalue weighted by Gasteiger charge is 2.31. The number of carbonyl (C=O) groups is 2. The molecular formula is C16H22N2O2. The Kier molecular flexibility index (Phi) is 4.90. The third-order valence-electron chi connectivity index (χ3n) is 3.71. The van der Waals surface area contributed by atoms with Gasteiger partial charge in [0, 0.05) is 18.2 Å². The Morgan fingerprint density at radius 1 is 1.25 bits per heavy atom. The molecule has 1 heterocycles. The first-order chi connectivity index (χ1) is 9.67. The lowest BCUT2D eigenvalue weighted by Crippen LogP contribution is -2.49. The van der Waals surface area contributed by atoms with E-state index in [1.54, 1.807) is 6.07 Å². The molecule has 1 atom stereocenters. The van der Waals surface area contributed by atoms with E-state index in [1.165, 1.54) is 4.90 Å². The van der Waals surface area contributed by atoms with Gasteiger partial charge in [0.2, 0.25) is 5.91 Å². The van der Waals surface area contributed by atoms with Gasteiger partial charge in [0.15, 0.2) is 0 Å². The number of hydrogen-bond donors (Lipinski definition) is 1. The molecule has 0 aromatic heterocycles. The Bertz CT molecular complexity index is 499. The van der Waals surface area contributed by atoms with Gasteiger partial charge in [0.25, 0.3) is 5.91 Å². The van der Waals surface area contributed by atoms with Crippen LogP contribution in [0.3, 0.4) is 0 Å². The van der Waals surface area contributed by atoms with Crippen molar-refractivity contribution >= 4 is 11.8 Å². The van der Waals surface area contributed by atoms with Gasteiger partial charge in [-0.25, -0.2) is 0 Å². The molecule has 4 heteroatoms. The van der Waals surface area contributed by atoms with Gasteiger partial charge in [0.1, 0.15) is 0 Å². The van der Waals surface area contributed by atoms with E-state index in [2.05, 4.69) is 19.2 Å². The number of rotatable bonds is 6. The van der Waals surface area contributed by atoms with E-state index < -0.39 is 0 Å². The summed E-state index contributed by atoms with van der Waals surface area (Å²) in [6.07, 6.45) is 2.27. The first-order valence-corrected chi connectivity index (χ1v) is 7.33. The average molecular weight is 274 g/mol. The number of carbonyl (C=O) groups excluding carboxylic acids is 2. The van der Waals surface area contributed by atoms with Crippen LogP contribution in [0.2, 0.25) is 0 Å². The maximum absolute atomic E-state index is 12.4. The van der Waals surface area contributed by atoms with Crippen LogP contribution in [-0.4, -0.2) is 35.8 Å². The quantitative estimate of drug-likeness (QED) is 0.807. The third kappa shape index (κ3) is 3.07. The lowest BCUT2D eigenvalue weighted by atomic mass is 9.98. The zero-order valence-corrected chi connectivity index (χ0v) is 12.2. The average Bonchev–Trinajstić information content (AvgIpc) is 2.46. The van der Waals surface area contributed by atoms with Crippen LogP contribution in [0, 0.1) is 0 Å². The van der Waals surface area contributed by atoms with Crippen LogP contribution in [0.5, 0.6) is 0 Å². The highest BCUT2D eigenvalue weighted by Crippen LogP contribution is 2.20. The van der Waals surface area contributed by atoms with Crippen LogP contribution >= 0.6 is 0 Å². The van der Waals surface area contributed by atoms with Gasteiger partial charge in [-0.15, -0.1) is 0 Å². The summed E-state index contributed by atoms with van der Waals surface area (Å²) in [5.41, 5.74) is 1.51. The van der Waals surface area contributed by atoms with Crippen molar-refractivity contribution in [1.29, 1.82) is 0 Å². The molecule has 1 aromatic carbocycles. The van der Waals surface area contributed by atoms with Crippen molar-refractivity contribution in [1.82, 2.24) is 10.2 Å². The number of nitrogens with one attached hydrogen (secondary N) is 1. The second-order valence-corrected chi connectivity index (χ2v) is 5.20. The SMILES string of the molecule is CCCNC(CC)CN1C(=O)Cc2ccccc2C1=O. The van der Waals surface area contributed by atoms with E-state index in [9.17, 15) is 9.59 Å². The molecule has 20 heavy (non-hydrogen) atoms. The molecule has 2 amide bonds. The Morgan fingerprint density at radius 3 is 2.70 bits per heavy atom. The summed E-state index contributed by atoms with van der Waals surface area (Å²) < 4.78 is 0. The zero-order chi connectivity index (χ0) is 14.5. The summed E-state index contributed by atoms with van der Waals surface area (Å²) in [7, 11) is 0. The van der Waals surface area contributed by atoms with Gasteiger partial charge in [-0.3, -0.25) is 14.5 Å². The maximum atomic E-state index is 12.4. The van der Waals surface area contributed by atoms with Crippen molar-refractivity contribution in [2.45, 2.75) is 39.2 Å². The normalized spacial score (nSPS) is 16.2. The van der Waals surface area contributed by atoms with Gasteiger partial charge in [-0.2, -0.15) is 0 Å². The van der Waals surface area contributed by atoms with Crippen molar-refractivity contribution in [2.75, 3.05) is 13.1 Å². The molecule has 0 radical (unpaired) electrons. The Morgan fingerprint density at radius 2 is 2.00 bits per heavy atom. The molecular weight excluding hydrogens is 252 g/mol. The largest absolute Gasteiger partial charge is 0.312 e. The minimum atomic E-state index is -0.159. The highest BCUT2D eigenvalue weighted by molar-refractivity contribution is 6.09. The molecule has 0 fully saturated rings. The smallest absolute Gasteiger partial charge is 0.260 e. The minimum absolute atomic E-state index is 0.0922. The van der Waals surface area contributed by atoms with Gasteiger partial charge in [-0.1, -0.05) is 32.0 Å². The molecule has 1 unspecified atom stereocenters. The predicted molar refractivity (Wildman–Crippen MR) is 78.6 cm³/mol. The molecule has 0 saturated carbocycles. The molecule has 0 aliphatic carbocycles. The third-order valence-corrected chi connectivity index (χ3v) is 3.71. The molecule has 0 saturated heterocycles. The number of fused-ring (bicyclic) bond motifs is 1. The Balaban J connectivity index is 2.12. The minimum Gasteiger partial charge on any atom is -0.312 e. The van der Waals surface area contributed by atoms with Crippen LogP contribution in [0.4, 0.5) is 0 Å². The van der Waals surface area contributed by atoms with Crippen molar-refractivity contribution < 1.29 is 9.59 Å². The van der Waals surface area contributed by atoms with Gasteiger partial charge in [0.05, 0.1) is 6.42 Å². The van der Waals surface area contributed by atoms with Crippen LogP contribution in [0.1, 0.15) is 42.6 Å². The second kappa shape index (κ2) is 6.66. The topological polar surface area (TPSA) is 49.4 Å². The summed E-state index contributed by atoms with van der Waals surface area (Å²) in [5.74, 6) is -0.251. The summed E-state index contributed by atoms with van der Waals surface area (Å²) in [5, 5.41) is 3.39. The first kappa shape index (κ1) is 14.7. The fourth-order valence-corrected chi connectivity index (χ4v) is 2.49. The van der Waals surface area contributed by atoms with E-state index in [1.807, 2.05) is 18.2 Å². The summed E-state index contributed by atoms with van der Waals surface area (Å²) in [4.78, 5) is 26.0. The predicted octanol–water partition coefficient (Wildman–Crippen LogP) is 1.99. The molecule has 1 aromatic rings. The summed E-state index contributed by atoms with van der Waals surface area (Å²) in [6.45, 7) is 5.54. The van der Waals surface area contributed by atoms with Gasteiger partial charge < -0.3 is 5.32 Å². The van der Waals surface area contributed by atoms with Gasteiger partial charge in [-0.05, 0) is 31.0 Å². The fraction of sp³-hybridized carbons (Fsp3) is 0.500. The van der Waals surface area contributed by atoms with Crippen molar-refractivity contribution in [3.05, 3.63) is 35.4 Å². The Labute approximate surface area is 120 Å². The summed E-state index contributed by atoms with van der Waals surface area (Å²) in [6, 6.07) is 7.55. The molecule has 2 rings (SSSR count). The summed E-state index contributed by atoms with van der Waals surface area (Å²) >= 11 is 0. The molecule has 108 valence electrons. The van der Waals surface area contributed by atoms with Crippen LogP contribution in [0.15, 0.2) is 24.3 Å². The van der Waals surface area contributed by atoms with Crippen molar-refractivity contribution in [3.63, 3.8) is 0 Å². The van der Waals surface area contributed by atoms with Crippen molar-refractivity contribution in [2.24, 2.45) is 0 Å². The standard InChI is InChI=1S/C16H22N2O2/c1-3-9-17-13(4-2)11-18-15(19)10-12-7-5-6-8-14(12)16(18)20/h5-8,13,17H,3-4,9-11H2,1-2H3. The molecule has 1 N–H and O–H groups in total. The van der Waals surface area contributed by atoms with E-state index in [0.717, 1.165) is 24.9 Å². The molecule has 1 aliphatic rings. The number of imide groups is 1. The van der Waals surface area contributed by atoms with E-state index in [-0.39, 0.29) is 17.9 Å². The van der Waals surface area contributed by atoms with Crippen LogP contribution in [0.25, 0.3) is 0 Å². The molecule has 1 aliphatic heterocycles. The highest BCUT2D eigenvalue weighted by atomic mass is 16.2.